The van der Waals surface area contributed by atoms with Crippen molar-refractivity contribution in [3.8, 4) is 0 Å². The van der Waals surface area contributed by atoms with Crippen LogP contribution >= 0.6 is 11.6 Å². The van der Waals surface area contributed by atoms with E-state index in [1.54, 1.807) is 18.2 Å². The highest BCUT2D eigenvalue weighted by molar-refractivity contribution is 6.31. The summed E-state index contributed by atoms with van der Waals surface area (Å²) in [5, 5.41) is 6.67. The molecule has 2 aromatic rings. The topological polar surface area (TPSA) is 41.1 Å². The lowest BCUT2D eigenvalue weighted by Gasteiger charge is -2.08. The van der Waals surface area contributed by atoms with Crippen LogP contribution in [0.15, 0.2) is 42.5 Å². The first-order valence-electron chi connectivity index (χ1n) is 6.51. The Morgan fingerprint density at radius 1 is 1.10 bits per heavy atom. The van der Waals surface area contributed by atoms with Crippen molar-refractivity contribution in [2.45, 2.75) is 13.8 Å². The van der Waals surface area contributed by atoms with Gasteiger partial charge in [0.25, 0.3) is 5.91 Å². The zero-order valence-electron chi connectivity index (χ0n) is 11.5. The van der Waals surface area contributed by atoms with E-state index in [0.29, 0.717) is 16.3 Å². The third kappa shape index (κ3) is 3.52. The van der Waals surface area contributed by atoms with E-state index in [9.17, 15) is 4.79 Å². The molecule has 2 rings (SSSR count). The van der Waals surface area contributed by atoms with Gasteiger partial charge in [-0.2, -0.15) is 0 Å². The third-order valence-corrected chi connectivity index (χ3v) is 3.36. The van der Waals surface area contributed by atoms with Crippen LogP contribution in [0.1, 0.15) is 22.8 Å². The van der Waals surface area contributed by atoms with Crippen molar-refractivity contribution in [2.75, 3.05) is 17.2 Å². The van der Waals surface area contributed by atoms with E-state index in [1.165, 1.54) is 0 Å². The van der Waals surface area contributed by atoms with Crippen molar-refractivity contribution in [2.24, 2.45) is 0 Å². The second kappa shape index (κ2) is 6.44. The van der Waals surface area contributed by atoms with Crippen LogP contribution in [-0.2, 0) is 0 Å². The van der Waals surface area contributed by atoms with Crippen molar-refractivity contribution < 1.29 is 4.79 Å². The lowest BCUT2D eigenvalue weighted by atomic mass is 10.1. The summed E-state index contributed by atoms with van der Waals surface area (Å²) >= 11 is 6.04. The van der Waals surface area contributed by atoms with E-state index in [-0.39, 0.29) is 5.91 Å². The average molecular weight is 289 g/mol. The van der Waals surface area contributed by atoms with Gasteiger partial charge in [-0.25, -0.2) is 0 Å². The fourth-order valence-corrected chi connectivity index (χ4v) is 2.00. The van der Waals surface area contributed by atoms with Gasteiger partial charge in [0.2, 0.25) is 0 Å². The number of benzene rings is 2. The first kappa shape index (κ1) is 14.4. The van der Waals surface area contributed by atoms with Crippen LogP contribution in [0.25, 0.3) is 0 Å². The molecule has 4 heteroatoms. The van der Waals surface area contributed by atoms with Gasteiger partial charge < -0.3 is 10.6 Å². The molecule has 2 N–H and O–H groups in total. The highest BCUT2D eigenvalue weighted by Crippen LogP contribution is 2.20. The summed E-state index contributed by atoms with van der Waals surface area (Å²) in [4.78, 5) is 12.1. The van der Waals surface area contributed by atoms with Gasteiger partial charge in [-0.15, -0.1) is 0 Å². The van der Waals surface area contributed by atoms with Crippen molar-refractivity contribution in [1.82, 2.24) is 0 Å². The van der Waals surface area contributed by atoms with Crippen LogP contribution in [0.5, 0.6) is 0 Å². The number of anilines is 2. The van der Waals surface area contributed by atoms with Crippen LogP contribution in [0, 0.1) is 6.92 Å². The molecule has 0 bridgehead atoms. The quantitative estimate of drug-likeness (QED) is 0.879. The molecule has 0 spiro atoms. The standard InChI is InChI=1S/C16H17ClN2O/c1-3-18-13-8-5-12(6-9-13)16(20)19-14-7-4-11(2)15(17)10-14/h4-10,18H,3H2,1-2H3,(H,19,20). The van der Waals surface area contributed by atoms with E-state index in [4.69, 9.17) is 11.6 Å². The smallest absolute Gasteiger partial charge is 0.255 e. The summed E-state index contributed by atoms with van der Waals surface area (Å²) in [5.74, 6) is -0.145. The minimum absolute atomic E-state index is 0.145. The van der Waals surface area contributed by atoms with Gasteiger partial charge in [0.05, 0.1) is 0 Å². The van der Waals surface area contributed by atoms with Gasteiger partial charge in [-0.3, -0.25) is 4.79 Å². The summed E-state index contributed by atoms with van der Waals surface area (Å²) in [6.45, 7) is 4.81. The summed E-state index contributed by atoms with van der Waals surface area (Å²) in [7, 11) is 0. The number of hydrogen-bond donors (Lipinski definition) is 2. The normalized spacial score (nSPS) is 10.2. The predicted molar refractivity (Wildman–Crippen MR) is 84.7 cm³/mol. The molecule has 0 atom stereocenters. The van der Waals surface area contributed by atoms with E-state index in [2.05, 4.69) is 10.6 Å². The first-order chi connectivity index (χ1) is 9.60. The molecule has 104 valence electrons. The number of amides is 1. The summed E-state index contributed by atoms with van der Waals surface area (Å²) in [5.41, 5.74) is 3.30. The molecule has 0 aliphatic carbocycles. The summed E-state index contributed by atoms with van der Waals surface area (Å²) in [6, 6.07) is 12.8. The zero-order chi connectivity index (χ0) is 14.5. The Hall–Kier alpha value is -2.00. The van der Waals surface area contributed by atoms with Gasteiger partial charge in [0.1, 0.15) is 0 Å². The lowest BCUT2D eigenvalue weighted by Crippen LogP contribution is -2.11. The molecule has 1 amide bonds. The number of halogens is 1. The summed E-state index contributed by atoms with van der Waals surface area (Å²) in [6.07, 6.45) is 0. The molecule has 0 heterocycles. The first-order valence-corrected chi connectivity index (χ1v) is 6.89. The fourth-order valence-electron chi connectivity index (χ4n) is 1.82. The van der Waals surface area contributed by atoms with Crippen molar-refractivity contribution in [1.29, 1.82) is 0 Å². The Morgan fingerprint density at radius 2 is 1.75 bits per heavy atom. The van der Waals surface area contributed by atoms with Crippen molar-refractivity contribution in [3.05, 3.63) is 58.6 Å². The molecule has 0 aliphatic heterocycles. The number of aryl methyl sites for hydroxylation is 1. The Morgan fingerprint density at radius 3 is 2.35 bits per heavy atom. The molecule has 2 aromatic carbocycles. The Labute approximate surface area is 124 Å². The Bertz CT molecular complexity index is 608. The molecular weight excluding hydrogens is 272 g/mol. The van der Waals surface area contributed by atoms with Crippen LogP contribution in [0.3, 0.4) is 0 Å². The van der Waals surface area contributed by atoms with Gasteiger partial charge >= 0.3 is 0 Å². The summed E-state index contributed by atoms with van der Waals surface area (Å²) < 4.78 is 0. The maximum absolute atomic E-state index is 12.1. The molecule has 0 radical (unpaired) electrons. The van der Waals surface area contributed by atoms with Gasteiger partial charge in [0.15, 0.2) is 0 Å². The Balaban J connectivity index is 2.09. The maximum atomic E-state index is 12.1. The predicted octanol–water partition coefficient (Wildman–Crippen LogP) is 4.33. The molecule has 0 saturated carbocycles. The fraction of sp³-hybridized carbons (Fsp3) is 0.188. The highest BCUT2D eigenvalue weighted by atomic mass is 35.5. The van der Waals surface area contributed by atoms with E-state index < -0.39 is 0 Å². The number of carbonyl (C=O) groups is 1. The van der Waals surface area contributed by atoms with E-state index in [0.717, 1.165) is 17.8 Å². The van der Waals surface area contributed by atoms with Crippen LogP contribution < -0.4 is 10.6 Å². The molecule has 0 fully saturated rings. The van der Waals surface area contributed by atoms with Gasteiger partial charge in [-0.1, -0.05) is 17.7 Å². The monoisotopic (exact) mass is 288 g/mol. The van der Waals surface area contributed by atoms with Crippen LogP contribution in [0.4, 0.5) is 11.4 Å². The molecule has 0 aliphatic rings. The van der Waals surface area contributed by atoms with Crippen molar-refractivity contribution >= 4 is 28.9 Å². The molecular formula is C16H17ClN2O. The number of nitrogens with one attached hydrogen (secondary N) is 2. The second-order valence-electron chi connectivity index (χ2n) is 4.53. The SMILES string of the molecule is CCNc1ccc(C(=O)Nc2ccc(C)c(Cl)c2)cc1. The second-order valence-corrected chi connectivity index (χ2v) is 4.93. The minimum Gasteiger partial charge on any atom is -0.385 e. The molecule has 0 aromatic heterocycles. The van der Waals surface area contributed by atoms with Crippen LogP contribution in [0.2, 0.25) is 5.02 Å². The number of hydrogen-bond acceptors (Lipinski definition) is 2. The Kier molecular flexibility index (Phi) is 4.64. The van der Waals surface area contributed by atoms with Crippen molar-refractivity contribution in [3.63, 3.8) is 0 Å². The third-order valence-electron chi connectivity index (χ3n) is 2.96. The number of rotatable bonds is 4. The largest absolute Gasteiger partial charge is 0.385 e. The maximum Gasteiger partial charge on any atom is 0.255 e. The highest BCUT2D eigenvalue weighted by Gasteiger charge is 2.06. The van der Waals surface area contributed by atoms with E-state index in [1.807, 2.05) is 38.1 Å². The molecule has 0 saturated heterocycles. The van der Waals surface area contributed by atoms with Gasteiger partial charge in [-0.05, 0) is 55.8 Å². The minimum atomic E-state index is -0.145. The molecule has 0 unspecified atom stereocenters. The van der Waals surface area contributed by atoms with E-state index >= 15 is 0 Å². The lowest BCUT2D eigenvalue weighted by molar-refractivity contribution is 0.102. The number of carbonyl (C=O) groups excluding carboxylic acids is 1. The zero-order valence-corrected chi connectivity index (χ0v) is 12.3. The van der Waals surface area contributed by atoms with Gasteiger partial charge in [0, 0.05) is 28.5 Å². The molecule has 20 heavy (non-hydrogen) atoms. The van der Waals surface area contributed by atoms with Crippen LogP contribution in [-0.4, -0.2) is 12.5 Å². The average Bonchev–Trinajstić information content (AvgIpc) is 2.44. The molecule has 3 nitrogen and oxygen atoms in total.